The number of aromatic nitrogens is 1. The number of pyridine rings is 1. The molecule has 1 aliphatic heterocycles. The Bertz CT molecular complexity index is 692. The summed E-state index contributed by atoms with van der Waals surface area (Å²) in [5.74, 6) is 0.791. The first-order valence-electron chi connectivity index (χ1n) is 5.07. The number of ether oxygens (including phenoxy) is 2. The normalized spacial score (nSPS) is 12.3. The molecule has 0 bridgehead atoms. The van der Waals surface area contributed by atoms with Crippen molar-refractivity contribution in [2.24, 2.45) is 0 Å². The number of rotatable bonds is 1. The summed E-state index contributed by atoms with van der Waals surface area (Å²) in [6.45, 7) is 1.48. The van der Waals surface area contributed by atoms with Crippen molar-refractivity contribution in [3.63, 3.8) is 0 Å². The summed E-state index contributed by atoms with van der Waals surface area (Å²) < 4.78 is 10.4. The second-order valence-electron chi connectivity index (χ2n) is 3.78. The largest absolute Gasteiger partial charge is 1.00 e. The Morgan fingerprint density at radius 3 is 2.61 bits per heavy atom. The summed E-state index contributed by atoms with van der Waals surface area (Å²) in [6, 6.07) is 3.21. The van der Waals surface area contributed by atoms with Crippen molar-refractivity contribution in [3.05, 3.63) is 34.1 Å². The summed E-state index contributed by atoms with van der Waals surface area (Å²) in [5.41, 5.74) is 0.279. The van der Waals surface area contributed by atoms with Gasteiger partial charge in [-0.15, -0.1) is 5.52 Å². The average molecular weight is 269 g/mol. The number of fused-ring (bicyclic) bond motifs is 2. The molecular formula is C12H8KNO4. The van der Waals surface area contributed by atoms with Crippen LogP contribution >= 0.6 is 0 Å². The van der Waals surface area contributed by atoms with E-state index in [-0.39, 0.29) is 75.0 Å². The minimum atomic E-state index is -0.319. The zero-order valence-corrected chi connectivity index (χ0v) is 13.1. The van der Waals surface area contributed by atoms with Crippen LogP contribution in [-0.4, -0.2) is 12.6 Å². The van der Waals surface area contributed by atoms with Gasteiger partial charge in [-0.1, -0.05) is 0 Å². The molecule has 86 valence electrons. The average Bonchev–Trinajstić information content (AvgIpc) is 2.73. The van der Waals surface area contributed by atoms with Crippen LogP contribution in [0.5, 0.6) is 11.5 Å². The van der Waals surface area contributed by atoms with Crippen LogP contribution in [-0.2, 0) is 0 Å². The Morgan fingerprint density at radius 2 is 1.94 bits per heavy atom. The molecule has 0 fully saturated rings. The molecule has 0 amide bonds. The molecule has 3 rings (SSSR count). The smallest absolute Gasteiger partial charge is 0.663 e. The fourth-order valence-corrected chi connectivity index (χ4v) is 1.81. The number of ketones is 1. The predicted octanol–water partition coefficient (Wildman–Crippen LogP) is -1.91. The number of benzene rings is 1. The van der Waals surface area contributed by atoms with Gasteiger partial charge in [0.2, 0.25) is 6.79 Å². The van der Waals surface area contributed by atoms with Gasteiger partial charge in [0, 0.05) is 10.9 Å². The fourth-order valence-electron chi connectivity index (χ4n) is 1.81. The topological polar surface area (TPSA) is 66.7 Å². The first-order valence-corrected chi connectivity index (χ1v) is 5.07. The molecule has 1 aromatic heterocycles. The van der Waals surface area contributed by atoms with Gasteiger partial charge in [-0.2, -0.15) is 6.20 Å². The summed E-state index contributed by atoms with van der Waals surface area (Å²) in [4.78, 5) is 27.3. The Labute approximate surface area is 145 Å². The maximum Gasteiger partial charge on any atom is 1.00 e. The number of Topliss-reactive ketones (excluding diaryl/α,β-unsaturated/α-hetero) is 1. The molecule has 0 N–H and O–H groups in total. The third kappa shape index (κ3) is 2.14. The number of hydrogen-bond donors (Lipinski definition) is 0. The molecule has 0 aliphatic carbocycles. The molecule has 6 heteroatoms. The molecule has 2 aromatic rings. The van der Waals surface area contributed by atoms with E-state index in [4.69, 9.17) is 9.47 Å². The summed E-state index contributed by atoms with van der Waals surface area (Å²) in [5, 5.41) is 0.377. The third-order valence-electron chi connectivity index (χ3n) is 2.69. The van der Waals surface area contributed by atoms with E-state index in [1.807, 2.05) is 0 Å². The van der Waals surface area contributed by atoms with Crippen molar-refractivity contribution in [1.82, 2.24) is 4.98 Å². The molecule has 0 atom stereocenters. The summed E-state index contributed by atoms with van der Waals surface area (Å²) in [7, 11) is 0. The first-order chi connectivity index (χ1) is 8.16. The summed E-state index contributed by atoms with van der Waals surface area (Å²) >= 11 is 0. The third-order valence-corrected chi connectivity index (χ3v) is 2.69. The van der Waals surface area contributed by atoms with Crippen molar-refractivity contribution in [1.29, 1.82) is 0 Å². The van der Waals surface area contributed by atoms with Gasteiger partial charge in [0.1, 0.15) is 0 Å². The van der Waals surface area contributed by atoms with E-state index >= 15 is 0 Å². The minimum Gasteiger partial charge on any atom is -0.663 e. The molecule has 0 saturated carbocycles. The molecule has 1 aromatic carbocycles. The fraction of sp³-hybridized carbons (Fsp3) is 0.167. The maximum absolute atomic E-state index is 12.0. The van der Waals surface area contributed by atoms with E-state index in [2.05, 4.69) is 4.98 Å². The molecule has 0 unspecified atom stereocenters. The van der Waals surface area contributed by atoms with Crippen LogP contribution < -0.4 is 71.3 Å². The second kappa shape index (κ2) is 5.14. The summed E-state index contributed by atoms with van der Waals surface area (Å²) in [6.07, 6.45) is 1.30. The quantitative estimate of drug-likeness (QED) is 0.446. The van der Waals surface area contributed by atoms with E-state index in [9.17, 15) is 9.59 Å². The molecule has 1 aliphatic rings. The van der Waals surface area contributed by atoms with Crippen LogP contribution in [0.15, 0.2) is 23.1 Å². The Kier molecular flexibility index (Phi) is 3.93. The molecule has 0 saturated heterocycles. The van der Waals surface area contributed by atoms with Crippen LogP contribution in [0.1, 0.15) is 17.3 Å². The first kappa shape index (κ1) is 13.8. The van der Waals surface area contributed by atoms with Gasteiger partial charge in [-0.3, -0.25) is 9.59 Å². The van der Waals surface area contributed by atoms with E-state index in [0.717, 1.165) is 0 Å². The minimum absolute atomic E-state index is 0. The van der Waals surface area contributed by atoms with Crippen LogP contribution in [0, 0.1) is 0 Å². The van der Waals surface area contributed by atoms with Gasteiger partial charge in [0.05, 0.1) is 0 Å². The van der Waals surface area contributed by atoms with Crippen molar-refractivity contribution in [3.8, 4) is 11.5 Å². The van der Waals surface area contributed by atoms with Gasteiger partial charge in [-0.05, 0) is 19.1 Å². The number of hydrogen-bond acceptors (Lipinski definition) is 4. The molecular weight excluding hydrogens is 261 g/mol. The molecule has 18 heavy (non-hydrogen) atoms. The number of nitrogens with zero attached hydrogens (tertiary/aromatic N) is 1. The standard InChI is InChI=1S/C12H9NO4.K/c1-6(14)8-4-13-9-3-11-10(16-5-17-11)2-7(9)12(8)15;/h2-4H,5H2,1H3,(H,13,14,15);/q;+1/p-1. The van der Waals surface area contributed by atoms with Crippen molar-refractivity contribution >= 4 is 16.7 Å². The van der Waals surface area contributed by atoms with E-state index in [1.54, 1.807) is 12.1 Å². The Hall–Kier alpha value is -0.664. The van der Waals surface area contributed by atoms with Gasteiger partial charge < -0.3 is 14.5 Å². The Morgan fingerprint density at radius 1 is 1.28 bits per heavy atom. The van der Waals surface area contributed by atoms with E-state index < -0.39 is 0 Å². The van der Waals surface area contributed by atoms with Gasteiger partial charge in [0.15, 0.2) is 22.7 Å². The molecule has 5 nitrogen and oxygen atoms in total. The molecule has 2 heterocycles. The van der Waals surface area contributed by atoms with E-state index in [0.29, 0.717) is 22.4 Å². The SMILES string of the molecule is CC(=O)c1c[n-]c2cc3c(cc2c1=O)OCO3.[K+]. The molecule has 0 spiro atoms. The van der Waals surface area contributed by atoms with Crippen molar-refractivity contribution in [2.75, 3.05) is 6.79 Å². The van der Waals surface area contributed by atoms with Gasteiger partial charge in [0.25, 0.3) is 0 Å². The number of carbonyl (C=O) groups excluding carboxylic acids is 1. The van der Waals surface area contributed by atoms with Crippen LogP contribution in [0.25, 0.3) is 10.9 Å². The van der Waals surface area contributed by atoms with Crippen LogP contribution in [0.4, 0.5) is 0 Å². The second-order valence-corrected chi connectivity index (χ2v) is 3.78. The zero-order chi connectivity index (χ0) is 12.0. The van der Waals surface area contributed by atoms with Crippen molar-refractivity contribution in [2.45, 2.75) is 6.92 Å². The Balaban J connectivity index is 0.00000120. The maximum atomic E-state index is 12.0. The van der Waals surface area contributed by atoms with Crippen LogP contribution in [0.2, 0.25) is 0 Å². The number of carbonyl (C=O) groups is 1. The van der Waals surface area contributed by atoms with Gasteiger partial charge in [-0.25, -0.2) is 0 Å². The van der Waals surface area contributed by atoms with E-state index in [1.165, 1.54) is 13.1 Å². The van der Waals surface area contributed by atoms with Gasteiger partial charge >= 0.3 is 51.4 Å². The monoisotopic (exact) mass is 269 g/mol. The predicted molar refractivity (Wildman–Crippen MR) is 59.7 cm³/mol. The van der Waals surface area contributed by atoms with Crippen LogP contribution in [0.3, 0.4) is 0 Å². The van der Waals surface area contributed by atoms with Crippen molar-refractivity contribution < 1.29 is 65.7 Å². The molecule has 0 radical (unpaired) electrons. The zero-order valence-electron chi connectivity index (χ0n) is 10.0.